The molecule has 1 aliphatic heterocycles. The van der Waals surface area contributed by atoms with E-state index in [1.54, 1.807) is 42.5 Å². The molecule has 0 spiro atoms. The number of aromatic nitrogens is 3. The number of ketones is 2. The standard InChI is InChI=1S/C24H16N4O5S/c29-18(14-10-9-12-5-1-2-6-13(12)11-14)17(19(30)21(31)25-23-26-24(34)28-27-23)20-15-7-3-4-8-16(15)22(32)33-20/h1-11,17,20H,(H3,25,26,27,28,31,34)/t17-,20+/m1/s1. The van der Waals surface area contributed by atoms with Gasteiger partial charge in [-0.1, -0.05) is 54.6 Å². The topological polar surface area (TPSA) is 134 Å². The molecule has 5 rings (SSSR count). The third-order valence-electron chi connectivity index (χ3n) is 5.58. The molecule has 0 radical (unpaired) electrons. The van der Waals surface area contributed by atoms with Crippen LogP contribution in [0, 0.1) is 10.7 Å². The van der Waals surface area contributed by atoms with Crippen LogP contribution in [0.2, 0.25) is 0 Å². The molecule has 1 aromatic heterocycles. The molecule has 1 aliphatic rings. The lowest BCUT2D eigenvalue weighted by Crippen LogP contribution is -2.38. The minimum atomic E-state index is -1.60. The van der Waals surface area contributed by atoms with E-state index < -0.39 is 35.5 Å². The average molecular weight is 472 g/mol. The van der Waals surface area contributed by atoms with E-state index in [4.69, 9.17) is 17.0 Å². The molecule has 9 nitrogen and oxygen atoms in total. The molecule has 3 aromatic carbocycles. The maximum absolute atomic E-state index is 13.7. The first-order chi connectivity index (χ1) is 16.4. The van der Waals surface area contributed by atoms with Crippen molar-refractivity contribution >= 4 is 52.4 Å². The van der Waals surface area contributed by atoms with Gasteiger partial charge < -0.3 is 4.74 Å². The van der Waals surface area contributed by atoms with E-state index in [-0.39, 0.29) is 21.8 Å². The Morgan fingerprint density at radius 2 is 1.71 bits per heavy atom. The number of nitrogens with zero attached hydrogens (tertiary/aromatic N) is 1. The summed E-state index contributed by atoms with van der Waals surface area (Å²) < 4.78 is 5.52. The lowest BCUT2D eigenvalue weighted by molar-refractivity contribution is -0.138. The van der Waals surface area contributed by atoms with Crippen LogP contribution in [0.25, 0.3) is 10.8 Å². The lowest BCUT2D eigenvalue weighted by atomic mass is 9.84. The first-order valence-electron chi connectivity index (χ1n) is 10.2. The van der Waals surface area contributed by atoms with Gasteiger partial charge in [0.1, 0.15) is 12.0 Å². The van der Waals surface area contributed by atoms with Crippen molar-refractivity contribution in [2.45, 2.75) is 6.10 Å². The van der Waals surface area contributed by atoms with Gasteiger partial charge in [-0.3, -0.25) is 29.9 Å². The zero-order valence-corrected chi connectivity index (χ0v) is 18.2. The van der Waals surface area contributed by atoms with Crippen molar-refractivity contribution in [1.82, 2.24) is 15.2 Å². The second kappa shape index (κ2) is 8.49. The number of anilines is 1. The van der Waals surface area contributed by atoms with Crippen LogP contribution in [-0.4, -0.2) is 38.6 Å². The summed E-state index contributed by atoms with van der Waals surface area (Å²) in [5.41, 5.74) is 0.824. The number of H-pyrrole nitrogens is 2. The van der Waals surface area contributed by atoms with Gasteiger partial charge in [-0.05, 0) is 35.1 Å². The molecule has 0 fully saturated rings. The van der Waals surface area contributed by atoms with Crippen molar-refractivity contribution in [3.8, 4) is 0 Å². The summed E-state index contributed by atoms with van der Waals surface area (Å²) in [6.07, 6.45) is -1.25. The molecule has 2 heterocycles. The van der Waals surface area contributed by atoms with Crippen molar-refractivity contribution in [3.05, 3.63) is 88.2 Å². The zero-order chi connectivity index (χ0) is 23.8. The number of carbonyl (C=O) groups excluding carboxylic acids is 4. The van der Waals surface area contributed by atoms with Crippen LogP contribution in [-0.2, 0) is 14.3 Å². The summed E-state index contributed by atoms with van der Waals surface area (Å²) in [6, 6.07) is 18.9. The van der Waals surface area contributed by atoms with Gasteiger partial charge in [-0.2, -0.15) is 4.98 Å². The molecule has 0 saturated carbocycles. The minimum Gasteiger partial charge on any atom is -0.453 e. The summed E-state index contributed by atoms with van der Waals surface area (Å²) >= 11 is 4.85. The van der Waals surface area contributed by atoms with Gasteiger partial charge >= 0.3 is 5.97 Å². The smallest absolute Gasteiger partial charge is 0.339 e. The molecule has 0 bridgehead atoms. The van der Waals surface area contributed by atoms with E-state index in [0.29, 0.717) is 5.56 Å². The average Bonchev–Trinajstić information content (AvgIpc) is 3.41. The highest BCUT2D eigenvalue weighted by Gasteiger charge is 2.46. The lowest BCUT2D eigenvalue weighted by Gasteiger charge is -2.21. The number of amides is 1. The monoisotopic (exact) mass is 472 g/mol. The van der Waals surface area contributed by atoms with E-state index in [9.17, 15) is 19.2 Å². The number of fused-ring (bicyclic) bond motifs is 2. The predicted molar refractivity (Wildman–Crippen MR) is 124 cm³/mol. The summed E-state index contributed by atoms with van der Waals surface area (Å²) in [6.45, 7) is 0. The van der Waals surface area contributed by atoms with Gasteiger partial charge in [0.05, 0.1) is 5.56 Å². The Bertz CT molecular complexity index is 1540. The van der Waals surface area contributed by atoms with Crippen LogP contribution < -0.4 is 5.32 Å². The number of benzene rings is 3. The Morgan fingerprint density at radius 3 is 2.47 bits per heavy atom. The highest BCUT2D eigenvalue weighted by Crippen LogP contribution is 2.38. The summed E-state index contributed by atoms with van der Waals surface area (Å²) in [4.78, 5) is 56.0. The molecule has 168 valence electrons. The van der Waals surface area contributed by atoms with Gasteiger partial charge in [-0.25, -0.2) is 4.79 Å². The first kappa shape index (κ1) is 21.4. The Labute approximate surface area is 197 Å². The van der Waals surface area contributed by atoms with Gasteiger partial charge in [0.2, 0.25) is 16.5 Å². The fraction of sp³-hybridized carbons (Fsp3) is 0.0833. The summed E-state index contributed by atoms with van der Waals surface area (Å²) in [5, 5.41) is 9.00. The molecule has 0 aliphatic carbocycles. The molecule has 4 aromatic rings. The van der Waals surface area contributed by atoms with Crippen LogP contribution >= 0.6 is 12.2 Å². The summed E-state index contributed by atoms with van der Waals surface area (Å²) in [5.74, 6) is -5.16. The maximum atomic E-state index is 13.7. The normalized spacial score (nSPS) is 15.4. The number of aromatic amines is 2. The molecule has 0 saturated heterocycles. The van der Waals surface area contributed by atoms with Crippen molar-refractivity contribution in [1.29, 1.82) is 0 Å². The quantitative estimate of drug-likeness (QED) is 0.128. The Kier molecular flexibility index (Phi) is 5.34. The number of hydrogen-bond donors (Lipinski definition) is 3. The van der Waals surface area contributed by atoms with E-state index in [1.807, 2.05) is 24.3 Å². The molecule has 0 unspecified atom stereocenters. The number of carbonyl (C=O) groups is 4. The second-order valence-electron chi connectivity index (χ2n) is 7.65. The van der Waals surface area contributed by atoms with E-state index in [2.05, 4.69) is 20.5 Å². The number of cyclic esters (lactones) is 1. The number of ether oxygens (including phenoxy) is 1. The molecule has 2 atom stereocenters. The van der Waals surface area contributed by atoms with Crippen molar-refractivity contribution in [2.24, 2.45) is 5.92 Å². The zero-order valence-electron chi connectivity index (χ0n) is 17.4. The van der Waals surface area contributed by atoms with Gasteiger partial charge in [0.25, 0.3) is 5.91 Å². The van der Waals surface area contributed by atoms with E-state index in [1.165, 1.54) is 0 Å². The van der Waals surface area contributed by atoms with Gasteiger partial charge in [0.15, 0.2) is 5.78 Å². The van der Waals surface area contributed by atoms with Crippen molar-refractivity contribution in [2.75, 3.05) is 5.32 Å². The van der Waals surface area contributed by atoms with Crippen LogP contribution in [0.1, 0.15) is 32.4 Å². The number of hydrogen-bond acceptors (Lipinski definition) is 7. The Morgan fingerprint density at radius 1 is 0.971 bits per heavy atom. The largest absolute Gasteiger partial charge is 0.453 e. The molecule has 3 N–H and O–H groups in total. The SMILES string of the molecule is O=C(Nc1nc(=S)[nH][nH]1)C(=O)[C@@H](C(=O)c1ccc2ccccc2c1)[C@H]1OC(=O)c2ccccc21. The minimum absolute atomic E-state index is 0.0742. The molecular weight excluding hydrogens is 456 g/mol. The highest BCUT2D eigenvalue weighted by molar-refractivity contribution is 7.71. The second-order valence-corrected chi connectivity index (χ2v) is 8.04. The highest BCUT2D eigenvalue weighted by atomic mass is 32.1. The Balaban J connectivity index is 1.55. The number of nitrogens with one attached hydrogen (secondary N) is 3. The summed E-state index contributed by atoms with van der Waals surface area (Å²) in [7, 11) is 0. The van der Waals surface area contributed by atoms with E-state index in [0.717, 1.165) is 10.8 Å². The molecular formula is C24H16N4O5S. The Hall–Kier alpha value is -4.44. The third-order valence-corrected chi connectivity index (χ3v) is 5.77. The molecule has 10 heteroatoms. The van der Waals surface area contributed by atoms with Crippen molar-refractivity contribution < 1.29 is 23.9 Å². The molecule has 34 heavy (non-hydrogen) atoms. The fourth-order valence-corrected chi connectivity index (χ4v) is 4.12. The third kappa shape index (κ3) is 3.80. The van der Waals surface area contributed by atoms with Crippen LogP contribution in [0.15, 0.2) is 66.7 Å². The van der Waals surface area contributed by atoms with Gasteiger partial charge in [-0.15, -0.1) is 0 Å². The predicted octanol–water partition coefficient (Wildman–Crippen LogP) is 3.54. The number of esters is 1. The first-order valence-corrected chi connectivity index (χ1v) is 10.7. The fourth-order valence-electron chi connectivity index (χ4n) is 3.98. The number of rotatable bonds is 6. The van der Waals surface area contributed by atoms with Gasteiger partial charge in [0, 0.05) is 11.1 Å². The van der Waals surface area contributed by atoms with Crippen molar-refractivity contribution in [3.63, 3.8) is 0 Å². The maximum Gasteiger partial charge on any atom is 0.339 e. The van der Waals surface area contributed by atoms with Crippen LogP contribution in [0.5, 0.6) is 0 Å². The number of Topliss-reactive ketones (excluding diaryl/α,β-unsaturated/α-hetero) is 2. The van der Waals surface area contributed by atoms with E-state index >= 15 is 0 Å². The van der Waals surface area contributed by atoms with Crippen LogP contribution in [0.4, 0.5) is 5.95 Å². The van der Waals surface area contributed by atoms with Crippen LogP contribution in [0.3, 0.4) is 0 Å². The molecule has 1 amide bonds.